The summed E-state index contributed by atoms with van der Waals surface area (Å²) in [6.45, 7) is 6.87. The van der Waals surface area contributed by atoms with E-state index in [1.54, 1.807) is 0 Å². The van der Waals surface area contributed by atoms with Gasteiger partial charge in [0.2, 0.25) is 0 Å². The average Bonchev–Trinajstić information content (AvgIpc) is 3.18. The van der Waals surface area contributed by atoms with E-state index < -0.39 is 0 Å². The molecule has 0 amide bonds. The average molecular weight is 377 g/mol. The van der Waals surface area contributed by atoms with Crippen molar-refractivity contribution in [3.63, 3.8) is 0 Å². The highest BCUT2D eigenvalue weighted by Crippen LogP contribution is 2.41. The van der Waals surface area contributed by atoms with E-state index in [0.717, 1.165) is 11.3 Å². The highest BCUT2D eigenvalue weighted by molar-refractivity contribution is 6.05. The lowest BCUT2D eigenvalue weighted by molar-refractivity contribution is 0.565. The molecule has 5 rings (SSSR count). The fraction of sp³-hybridized carbons (Fsp3) is 0.148. The summed E-state index contributed by atoms with van der Waals surface area (Å²) in [5.74, 6) is 0. The van der Waals surface area contributed by atoms with Crippen LogP contribution < -0.4 is 0 Å². The molecule has 0 N–H and O–H groups in total. The Morgan fingerprint density at radius 3 is 1.83 bits per heavy atom. The Hall–Kier alpha value is -3.39. The number of imidazole rings is 1. The van der Waals surface area contributed by atoms with Crippen LogP contribution in [0, 0.1) is 0 Å². The second kappa shape index (κ2) is 6.59. The number of hydrogen-bond acceptors (Lipinski definition) is 1. The number of rotatable bonds is 2. The summed E-state index contributed by atoms with van der Waals surface area (Å²) in [5.41, 5.74) is 7.07. The number of benzene rings is 3. The summed E-state index contributed by atoms with van der Waals surface area (Å²) >= 11 is 0. The second-order valence-corrected chi connectivity index (χ2v) is 8.55. The van der Waals surface area contributed by atoms with Crippen molar-refractivity contribution in [1.29, 1.82) is 0 Å². The van der Waals surface area contributed by atoms with Crippen molar-refractivity contribution in [1.82, 2.24) is 9.38 Å². The summed E-state index contributed by atoms with van der Waals surface area (Å²) < 4.78 is 2.38. The zero-order valence-corrected chi connectivity index (χ0v) is 17.1. The molecule has 0 radical (unpaired) electrons. The molecule has 0 aliphatic carbocycles. The van der Waals surface area contributed by atoms with Gasteiger partial charge in [0, 0.05) is 27.6 Å². The molecule has 0 aliphatic rings. The van der Waals surface area contributed by atoms with Crippen molar-refractivity contribution in [3.05, 3.63) is 96.8 Å². The lowest BCUT2D eigenvalue weighted by Crippen LogP contribution is -2.19. The molecule has 2 aromatic heterocycles. The highest BCUT2D eigenvalue weighted by atomic mass is 15.0. The molecular formula is C27H24N2. The van der Waals surface area contributed by atoms with E-state index in [2.05, 4.69) is 110 Å². The maximum Gasteiger partial charge on any atom is 0.145 e. The fourth-order valence-corrected chi connectivity index (χ4v) is 4.32. The normalized spacial score (nSPS) is 12.0. The molecule has 2 nitrogen and oxygen atoms in total. The van der Waals surface area contributed by atoms with Crippen LogP contribution in [0.5, 0.6) is 0 Å². The Bertz CT molecular complexity index is 1310. The molecule has 0 aliphatic heterocycles. The Balaban J connectivity index is 2.04. The maximum atomic E-state index is 4.90. The second-order valence-electron chi connectivity index (χ2n) is 8.55. The van der Waals surface area contributed by atoms with Crippen LogP contribution in [0.1, 0.15) is 26.5 Å². The van der Waals surface area contributed by atoms with E-state index in [0.29, 0.717) is 0 Å². The number of fused-ring (bicyclic) bond motifs is 3. The molecule has 0 bridgehead atoms. The van der Waals surface area contributed by atoms with Gasteiger partial charge >= 0.3 is 0 Å². The smallest absolute Gasteiger partial charge is 0.145 e. The predicted molar refractivity (Wildman–Crippen MR) is 122 cm³/mol. The Morgan fingerprint density at radius 2 is 1.21 bits per heavy atom. The minimum Gasteiger partial charge on any atom is -0.295 e. The third kappa shape index (κ3) is 2.84. The molecule has 0 spiro atoms. The van der Waals surface area contributed by atoms with Gasteiger partial charge in [0.15, 0.2) is 0 Å². The van der Waals surface area contributed by atoms with Crippen molar-refractivity contribution in [3.8, 4) is 22.4 Å². The molecule has 0 saturated heterocycles. The third-order valence-electron chi connectivity index (χ3n) is 5.50. The van der Waals surface area contributed by atoms with Gasteiger partial charge in [-0.2, -0.15) is 0 Å². The molecule has 5 aromatic rings. The van der Waals surface area contributed by atoms with Gasteiger partial charge in [-0.15, -0.1) is 0 Å². The molecule has 0 unspecified atom stereocenters. The van der Waals surface area contributed by atoms with Crippen LogP contribution in [0.15, 0.2) is 91.1 Å². The fourth-order valence-electron chi connectivity index (χ4n) is 4.32. The number of nitrogens with zero attached hydrogens (tertiary/aromatic N) is 2. The summed E-state index contributed by atoms with van der Waals surface area (Å²) in [6.07, 6.45) is 2.02. The van der Waals surface area contributed by atoms with Crippen LogP contribution in [0.25, 0.3) is 38.8 Å². The minimum absolute atomic E-state index is 0.0717. The molecule has 0 saturated carbocycles. The van der Waals surface area contributed by atoms with E-state index in [-0.39, 0.29) is 5.41 Å². The van der Waals surface area contributed by atoms with Crippen LogP contribution in [0.2, 0.25) is 0 Å². The van der Waals surface area contributed by atoms with Gasteiger partial charge in [0.25, 0.3) is 0 Å². The van der Waals surface area contributed by atoms with Gasteiger partial charge in [0.05, 0.1) is 11.9 Å². The van der Waals surface area contributed by atoms with Crippen LogP contribution in [-0.2, 0) is 5.41 Å². The van der Waals surface area contributed by atoms with Crippen molar-refractivity contribution < 1.29 is 0 Å². The van der Waals surface area contributed by atoms with Gasteiger partial charge in [0.1, 0.15) is 5.65 Å². The standard InChI is InChI=1S/C27H24N2/c1-27(2,3)25-24(20-14-8-5-9-15-20)21-16-10-11-17-22(21)26-28-18-23(29(25)26)19-12-6-4-7-13-19/h4-18H,1-3H3. The zero-order chi connectivity index (χ0) is 20.0. The third-order valence-corrected chi connectivity index (χ3v) is 5.50. The monoisotopic (exact) mass is 376 g/mol. The summed E-state index contributed by atoms with van der Waals surface area (Å²) in [6, 6.07) is 29.9. The summed E-state index contributed by atoms with van der Waals surface area (Å²) in [4.78, 5) is 4.90. The maximum absolute atomic E-state index is 4.90. The van der Waals surface area contributed by atoms with Gasteiger partial charge in [-0.05, 0) is 10.9 Å². The lowest BCUT2D eigenvalue weighted by Gasteiger charge is -2.27. The van der Waals surface area contributed by atoms with Gasteiger partial charge in [-0.25, -0.2) is 4.98 Å². The quantitative estimate of drug-likeness (QED) is 0.321. The van der Waals surface area contributed by atoms with Gasteiger partial charge in [-0.3, -0.25) is 4.40 Å². The summed E-state index contributed by atoms with van der Waals surface area (Å²) in [7, 11) is 0. The first-order valence-electron chi connectivity index (χ1n) is 10.1. The van der Waals surface area contributed by atoms with Crippen LogP contribution >= 0.6 is 0 Å². The Morgan fingerprint density at radius 1 is 0.655 bits per heavy atom. The number of hydrogen-bond donors (Lipinski definition) is 0. The molecule has 29 heavy (non-hydrogen) atoms. The van der Waals surface area contributed by atoms with E-state index in [1.807, 2.05) is 6.20 Å². The first-order valence-corrected chi connectivity index (χ1v) is 10.1. The zero-order valence-electron chi connectivity index (χ0n) is 17.1. The van der Waals surface area contributed by atoms with E-state index >= 15 is 0 Å². The molecule has 2 heteroatoms. The van der Waals surface area contributed by atoms with Gasteiger partial charge in [-0.1, -0.05) is 106 Å². The van der Waals surface area contributed by atoms with Crippen molar-refractivity contribution in [2.45, 2.75) is 26.2 Å². The topological polar surface area (TPSA) is 17.3 Å². The summed E-state index contributed by atoms with van der Waals surface area (Å²) in [5, 5.41) is 2.43. The largest absolute Gasteiger partial charge is 0.295 e. The van der Waals surface area contributed by atoms with E-state index in [1.165, 1.54) is 33.2 Å². The SMILES string of the molecule is CC(C)(C)c1c(-c2ccccc2)c2ccccc2c2ncc(-c3ccccc3)n12. The lowest BCUT2D eigenvalue weighted by atomic mass is 9.83. The van der Waals surface area contributed by atoms with Crippen molar-refractivity contribution in [2.75, 3.05) is 0 Å². The van der Waals surface area contributed by atoms with Crippen LogP contribution in [-0.4, -0.2) is 9.38 Å². The molecule has 2 heterocycles. The van der Waals surface area contributed by atoms with Crippen LogP contribution in [0.3, 0.4) is 0 Å². The number of aromatic nitrogens is 2. The Labute approximate surface area is 171 Å². The first kappa shape index (κ1) is 17.7. The molecule has 3 aromatic carbocycles. The van der Waals surface area contributed by atoms with Crippen LogP contribution in [0.4, 0.5) is 0 Å². The first-order chi connectivity index (χ1) is 14.1. The predicted octanol–water partition coefficient (Wildman–Crippen LogP) is 7.12. The molecule has 0 fully saturated rings. The van der Waals surface area contributed by atoms with Crippen molar-refractivity contribution >= 4 is 16.4 Å². The van der Waals surface area contributed by atoms with E-state index in [4.69, 9.17) is 4.98 Å². The number of pyridine rings is 1. The van der Waals surface area contributed by atoms with Crippen molar-refractivity contribution in [2.24, 2.45) is 0 Å². The highest BCUT2D eigenvalue weighted by Gasteiger charge is 2.27. The molecular weight excluding hydrogens is 352 g/mol. The van der Waals surface area contributed by atoms with E-state index in [9.17, 15) is 0 Å². The molecule has 0 atom stereocenters. The Kier molecular flexibility index (Phi) is 4.02. The molecule has 142 valence electrons. The van der Waals surface area contributed by atoms with Gasteiger partial charge < -0.3 is 0 Å². The minimum atomic E-state index is -0.0717.